The molecule has 1 aromatic carbocycles. The van der Waals surface area contributed by atoms with Gasteiger partial charge in [0.05, 0.1) is 6.04 Å². The topological polar surface area (TPSA) is 64.7 Å². The van der Waals surface area contributed by atoms with Gasteiger partial charge in [-0.15, -0.1) is 0 Å². The van der Waals surface area contributed by atoms with Gasteiger partial charge in [-0.2, -0.15) is 0 Å². The first-order valence-electron chi connectivity index (χ1n) is 9.31. The van der Waals surface area contributed by atoms with Crippen molar-refractivity contribution in [3.05, 3.63) is 34.9 Å². The molecule has 5 heterocycles. The molecular weight excluding hydrogens is 316 g/mol. The Labute approximate surface area is 147 Å². The second-order valence-corrected chi connectivity index (χ2v) is 7.92. The zero-order valence-corrected chi connectivity index (χ0v) is 14.3. The third-order valence-electron chi connectivity index (χ3n) is 6.15. The molecule has 0 radical (unpaired) electrons. The highest BCUT2D eigenvalue weighted by Gasteiger charge is 2.38. The summed E-state index contributed by atoms with van der Waals surface area (Å²) >= 11 is 0. The van der Waals surface area contributed by atoms with E-state index < -0.39 is 0 Å². The number of carbonyl (C=O) groups excluding carboxylic acids is 2. The Morgan fingerprint density at radius 2 is 1.92 bits per heavy atom. The van der Waals surface area contributed by atoms with E-state index in [1.165, 1.54) is 23.1 Å². The highest BCUT2D eigenvalue weighted by Crippen LogP contribution is 2.31. The monoisotopic (exact) mass is 340 g/mol. The molecule has 5 aliphatic heterocycles. The number of imide groups is 1. The molecule has 0 saturated carbocycles. The molecule has 6 nitrogen and oxygen atoms in total. The maximum atomic E-state index is 12.2. The van der Waals surface area contributed by atoms with Gasteiger partial charge in [-0.1, -0.05) is 18.2 Å². The molecule has 0 aliphatic carbocycles. The van der Waals surface area contributed by atoms with E-state index in [0.717, 1.165) is 32.7 Å². The molecule has 4 fully saturated rings. The van der Waals surface area contributed by atoms with Crippen LogP contribution in [0, 0.1) is 0 Å². The summed E-state index contributed by atoms with van der Waals surface area (Å²) in [5.74, 6) is -0.274. The number of fused-ring (bicyclic) bond motifs is 3. The van der Waals surface area contributed by atoms with Crippen LogP contribution in [0.3, 0.4) is 0 Å². The zero-order valence-electron chi connectivity index (χ0n) is 14.3. The van der Waals surface area contributed by atoms with Crippen molar-refractivity contribution in [1.29, 1.82) is 0 Å². The molecule has 0 aromatic heterocycles. The van der Waals surface area contributed by atoms with Gasteiger partial charge in [0.1, 0.15) is 0 Å². The van der Waals surface area contributed by atoms with Crippen molar-refractivity contribution in [1.82, 2.24) is 20.4 Å². The zero-order chi connectivity index (χ0) is 17.0. The van der Waals surface area contributed by atoms with E-state index in [1.54, 1.807) is 0 Å². The Morgan fingerprint density at radius 3 is 2.68 bits per heavy atom. The lowest BCUT2D eigenvalue weighted by atomic mass is 9.90. The molecule has 6 rings (SSSR count). The van der Waals surface area contributed by atoms with Crippen molar-refractivity contribution in [3.8, 4) is 0 Å². The first-order chi connectivity index (χ1) is 12.2. The van der Waals surface area contributed by atoms with Crippen LogP contribution in [0.5, 0.6) is 0 Å². The second kappa shape index (κ2) is 5.90. The Balaban J connectivity index is 1.31. The fraction of sp³-hybridized carbons (Fsp3) is 0.579. The quantitative estimate of drug-likeness (QED) is 0.778. The molecule has 2 bridgehead atoms. The van der Waals surface area contributed by atoms with Gasteiger partial charge in [0.25, 0.3) is 0 Å². The van der Waals surface area contributed by atoms with Gasteiger partial charge in [0, 0.05) is 51.2 Å². The van der Waals surface area contributed by atoms with Gasteiger partial charge in [-0.25, -0.2) is 0 Å². The molecule has 25 heavy (non-hydrogen) atoms. The maximum absolute atomic E-state index is 12.2. The summed E-state index contributed by atoms with van der Waals surface area (Å²) in [6, 6.07) is 7.74. The van der Waals surface area contributed by atoms with E-state index in [2.05, 4.69) is 38.6 Å². The molecule has 0 spiro atoms. The van der Waals surface area contributed by atoms with Crippen LogP contribution in [0.25, 0.3) is 0 Å². The fourth-order valence-electron chi connectivity index (χ4n) is 4.89. The lowest BCUT2D eigenvalue weighted by Crippen LogP contribution is -2.66. The Bertz CT molecular complexity index is 718. The fourth-order valence-corrected chi connectivity index (χ4v) is 4.89. The van der Waals surface area contributed by atoms with Crippen LogP contribution in [-0.2, 0) is 29.2 Å². The third kappa shape index (κ3) is 2.78. The molecule has 4 saturated heterocycles. The average Bonchev–Trinajstić information content (AvgIpc) is 2.99. The summed E-state index contributed by atoms with van der Waals surface area (Å²) in [6.45, 7) is 4.90. The molecule has 1 aromatic rings. The number of piperazine rings is 1. The van der Waals surface area contributed by atoms with Crippen LogP contribution in [0.15, 0.2) is 18.2 Å². The number of hydrogen-bond acceptors (Lipinski definition) is 5. The highest BCUT2D eigenvalue weighted by atomic mass is 16.2. The Morgan fingerprint density at radius 1 is 1.12 bits per heavy atom. The summed E-state index contributed by atoms with van der Waals surface area (Å²) in [5.41, 5.74) is 4.12. The SMILES string of the molecule is O=C1CCC(N2Cc3cccc(CN4CC5CC(C4)N5)c3C2)C(=O)N1. The maximum Gasteiger partial charge on any atom is 0.243 e. The van der Waals surface area contributed by atoms with Gasteiger partial charge in [0.15, 0.2) is 0 Å². The van der Waals surface area contributed by atoms with Crippen LogP contribution in [0.4, 0.5) is 0 Å². The number of nitrogens with one attached hydrogen (secondary N) is 2. The lowest BCUT2D eigenvalue weighted by Gasteiger charge is -2.48. The predicted octanol–water partition coefficient (Wildman–Crippen LogP) is 0.354. The minimum atomic E-state index is -0.176. The minimum absolute atomic E-state index is 0.132. The molecule has 132 valence electrons. The van der Waals surface area contributed by atoms with Crippen molar-refractivity contribution in [2.75, 3.05) is 13.1 Å². The second-order valence-electron chi connectivity index (χ2n) is 7.92. The molecule has 5 aliphatic rings. The summed E-state index contributed by atoms with van der Waals surface area (Å²) < 4.78 is 0. The Kier molecular flexibility index (Phi) is 3.66. The molecule has 2 amide bonds. The van der Waals surface area contributed by atoms with E-state index >= 15 is 0 Å². The normalized spacial score (nSPS) is 32.2. The Hall–Kier alpha value is -1.76. The number of piperidine rings is 2. The van der Waals surface area contributed by atoms with Gasteiger partial charge >= 0.3 is 0 Å². The van der Waals surface area contributed by atoms with Crippen LogP contribution >= 0.6 is 0 Å². The summed E-state index contributed by atoms with van der Waals surface area (Å²) in [5, 5.41) is 6.07. The predicted molar refractivity (Wildman–Crippen MR) is 92.5 cm³/mol. The van der Waals surface area contributed by atoms with E-state index in [0.29, 0.717) is 24.9 Å². The van der Waals surface area contributed by atoms with E-state index in [1.807, 2.05) is 0 Å². The highest BCUT2D eigenvalue weighted by molar-refractivity contribution is 6.00. The first kappa shape index (κ1) is 15.5. The van der Waals surface area contributed by atoms with E-state index in [-0.39, 0.29) is 17.9 Å². The molecular formula is C19H24N4O2. The molecule has 6 heteroatoms. The van der Waals surface area contributed by atoms with Crippen LogP contribution in [0.1, 0.15) is 36.0 Å². The number of carbonyl (C=O) groups is 2. The van der Waals surface area contributed by atoms with E-state index in [9.17, 15) is 9.59 Å². The average molecular weight is 340 g/mol. The molecule has 2 N–H and O–H groups in total. The number of hydrogen-bond donors (Lipinski definition) is 2. The lowest BCUT2D eigenvalue weighted by molar-refractivity contribution is -0.137. The van der Waals surface area contributed by atoms with Crippen molar-refractivity contribution in [2.24, 2.45) is 0 Å². The van der Waals surface area contributed by atoms with Gasteiger partial charge < -0.3 is 5.32 Å². The van der Waals surface area contributed by atoms with Crippen molar-refractivity contribution < 1.29 is 9.59 Å². The summed E-state index contributed by atoms with van der Waals surface area (Å²) in [7, 11) is 0. The van der Waals surface area contributed by atoms with Crippen LogP contribution < -0.4 is 10.6 Å². The van der Waals surface area contributed by atoms with Gasteiger partial charge in [-0.05, 0) is 29.5 Å². The largest absolute Gasteiger partial charge is 0.309 e. The summed E-state index contributed by atoms with van der Waals surface area (Å²) in [6.07, 6.45) is 2.40. The van der Waals surface area contributed by atoms with E-state index in [4.69, 9.17) is 0 Å². The third-order valence-corrected chi connectivity index (χ3v) is 6.15. The van der Waals surface area contributed by atoms with Crippen molar-refractivity contribution in [2.45, 2.75) is 57.0 Å². The van der Waals surface area contributed by atoms with Crippen molar-refractivity contribution in [3.63, 3.8) is 0 Å². The standard InChI is InChI=1S/C19H24N4O2/c24-18-5-4-17(19(25)21-18)23-8-13-3-1-2-12(16(13)11-23)7-22-9-14-6-15(10-22)20-14/h1-3,14-15,17,20H,4-11H2,(H,21,24,25). The number of rotatable bonds is 3. The minimum Gasteiger partial charge on any atom is -0.309 e. The summed E-state index contributed by atoms with van der Waals surface area (Å²) in [4.78, 5) is 28.4. The van der Waals surface area contributed by atoms with Gasteiger partial charge in [-0.3, -0.25) is 24.7 Å². The number of benzene rings is 1. The van der Waals surface area contributed by atoms with Crippen LogP contribution in [0.2, 0.25) is 0 Å². The first-order valence-corrected chi connectivity index (χ1v) is 9.31. The van der Waals surface area contributed by atoms with Crippen LogP contribution in [-0.4, -0.2) is 52.8 Å². The molecule has 3 atom stereocenters. The smallest absolute Gasteiger partial charge is 0.243 e. The molecule has 3 unspecified atom stereocenters. The van der Waals surface area contributed by atoms with Gasteiger partial charge in [0.2, 0.25) is 11.8 Å². The van der Waals surface area contributed by atoms with Crippen molar-refractivity contribution >= 4 is 11.8 Å². The number of nitrogens with zero attached hydrogens (tertiary/aromatic N) is 2. The number of amides is 2.